The van der Waals surface area contributed by atoms with Crippen molar-refractivity contribution >= 4 is 22.6 Å². The Morgan fingerprint density at radius 2 is 2.15 bits per heavy atom. The largest absolute Gasteiger partial charge is 0.508 e. The Morgan fingerprint density at radius 1 is 1.46 bits per heavy atom. The van der Waals surface area contributed by atoms with Gasteiger partial charge in [-0.1, -0.05) is 6.07 Å². The molecular formula is C10H12INO. The first kappa shape index (κ1) is 9.27. The third-order valence-electron chi connectivity index (χ3n) is 2.48. The molecule has 0 radical (unpaired) electrons. The molecule has 1 aromatic carbocycles. The van der Waals surface area contributed by atoms with E-state index >= 15 is 0 Å². The van der Waals surface area contributed by atoms with Crippen LogP contribution in [0.4, 0.5) is 0 Å². The Labute approximate surface area is 91.3 Å². The summed E-state index contributed by atoms with van der Waals surface area (Å²) in [6, 6.07) is 5.70. The molecule has 0 heterocycles. The normalized spacial score (nSPS) is 18.6. The van der Waals surface area contributed by atoms with Gasteiger partial charge in [0.1, 0.15) is 5.75 Å². The molecule has 0 spiro atoms. The van der Waals surface area contributed by atoms with E-state index in [1.54, 1.807) is 6.07 Å². The number of benzene rings is 1. The van der Waals surface area contributed by atoms with Crippen LogP contribution in [0.15, 0.2) is 18.2 Å². The maximum absolute atomic E-state index is 9.65. The van der Waals surface area contributed by atoms with E-state index in [0.29, 0.717) is 11.7 Å². The first-order valence-electron chi connectivity index (χ1n) is 4.42. The Morgan fingerprint density at radius 3 is 2.69 bits per heavy atom. The van der Waals surface area contributed by atoms with Gasteiger partial charge in [-0.2, -0.15) is 0 Å². The number of hydrogen-bond acceptors (Lipinski definition) is 2. The maximum Gasteiger partial charge on any atom is 0.121 e. The van der Waals surface area contributed by atoms with E-state index in [9.17, 15) is 5.11 Å². The second kappa shape index (κ2) is 3.46. The van der Waals surface area contributed by atoms with Crippen molar-refractivity contribution in [2.75, 3.05) is 0 Å². The smallest absolute Gasteiger partial charge is 0.121 e. The van der Waals surface area contributed by atoms with E-state index in [4.69, 9.17) is 5.73 Å². The van der Waals surface area contributed by atoms with Crippen molar-refractivity contribution in [3.05, 3.63) is 27.3 Å². The van der Waals surface area contributed by atoms with Crippen LogP contribution >= 0.6 is 22.6 Å². The minimum atomic E-state index is 0.0250. The van der Waals surface area contributed by atoms with Crippen molar-refractivity contribution in [3.8, 4) is 5.75 Å². The second-order valence-electron chi connectivity index (χ2n) is 3.57. The van der Waals surface area contributed by atoms with E-state index in [2.05, 4.69) is 22.6 Å². The van der Waals surface area contributed by atoms with E-state index in [1.165, 1.54) is 12.8 Å². The summed E-state index contributed by atoms with van der Waals surface area (Å²) in [5.74, 6) is 0.928. The SMILES string of the molecule is N[C@@H](c1ccc(I)cc1O)C1CC1. The molecule has 0 unspecified atom stereocenters. The van der Waals surface area contributed by atoms with Crippen LogP contribution in [0.3, 0.4) is 0 Å². The molecule has 2 rings (SSSR count). The van der Waals surface area contributed by atoms with E-state index < -0.39 is 0 Å². The highest BCUT2D eigenvalue weighted by molar-refractivity contribution is 14.1. The topological polar surface area (TPSA) is 46.2 Å². The molecule has 1 saturated carbocycles. The summed E-state index contributed by atoms with van der Waals surface area (Å²) < 4.78 is 1.04. The minimum Gasteiger partial charge on any atom is -0.508 e. The number of rotatable bonds is 2. The van der Waals surface area contributed by atoms with Gasteiger partial charge in [0.15, 0.2) is 0 Å². The summed E-state index contributed by atoms with van der Waals surface area (Å²) in [6.45, 7) is 0. The predicted octanol–water partition coefficient (Wildman–Crippen LogP) is 2.41. The zero-order valence-electron chi connectivity index (χ0n) is 7.20. The molecule has 3 N–H and O–H groups in total. The van der Waals surface area contributed by atoms with Crippen LogP contribution in [0.2, 0.25) is 0 Å². The van der Waals surface area contributed by atoms with E-state index in [1.807, 2.05) is 12.1 Å². The Hall–Kier alpha value is -0.290. The summed E-state index contributed by atoms with van der Waals surface area (Å²) in [6.07, 6.45) is 2.40. The van der Waals surface area contributed by atoms with Gasteiger partial charge in [-0.25, -0.2) is 0 Å². The lowest BCUT2D eigenvalue weighted by molar-refractivity contribution is 0.456. The Balaban J connectivity index is 2.28. The fourth-order valence-corrected chi connectivity index (χ4v) is 1.98. The minimum absolute atomic E-state index is 0.0250. The lowest BCUT2D eigenvalue weighted by atomic mass is 10.0. The average Bonchev–Trinajstić information content (AvgIpc) is 2.85. The molecule has 2 nitrogen and oxygen atoms in total. The van der Waals surface area contributed by atoms with Gasteiger partial charge >= 0.3 is 0 Å². The van der Waals surface area contributed by atoms with Gasteiger partial charge in [-0.05, 0) is 53.5 Å². The molecule has 70 valence electrons. The fraction of sp³-hybridized carbons (Fsp3) is 0.400. The number of nitrogens with two attached hydrogens (primary N) is 1. The molecule has 0 aliphatic heterocycles. The molecular weight excluding hydrogens is 277 g/mol. The van der Waals surface area contributed by atoms with Crippen LogP contribution in [-0.2, 0) is 0 Å². The summed E-state index contributed by atoms with van der Waals surface area (Å²) >= 11 is 2.18. The molecule has 0 aromatic heterocycles. The van der Waals surface area contributed by atoms with Crippen LogP contribution in [-0.4, -0.2) is 5.11 Å². The van der Waals surface area contributed by atoms with Gasteiger partial charge in [0.05, 0.1) is 0 Å². The standard InChI is InChI=1S/C10H12INO/c11-7-3-4-8(9(13)5-7)10(12)6-1-2-6/h3-6,10,13H,1-2,12H2/t10-/m1/s1. The lowest BCUT2D eigenvalue weighted by Gasteiger charge is -2.12. The monoisotopic (exact) mass is 289 g/mol. The predicted molar refractivity (Wildman–Crippen MR) is 60.5 cm³/mol. The van der Waals surface area contributed by atoms with Crippen molar-refractivity contribution < 1.29 is 5.11 Å². The molecule has 1 aliphatic rings. The van der Waals surface area contributed by atoms with Crippen LogP contribution in [0.25, 0.3) is 0 Å². The summed E-state index contributed by atoms with van der Waals surface area (Å²) in [7, 11) is 0. The first-order valence-corrected chi connectivity index (χ1v) is 5.50. The highest BCUT2D eigenvalue weighted by atomic mass is 127. The highest BCUT2D eigenvalue weighted by Gasteiger charge is 2.30. The van der Waals surface area contributed by atoms with Gasteiger partial charge in [-0.15, -0.1) is 0 Å². The van der Waals surface area contributed by atoms with Crippen LogP contribution in [0, 0.1) is 9.49 Å². The van der Waals surface area contributed by atoms with Crippen LogP contribution < -0.4 is 5.73 Å². The summed E-state index contributed by atoms with van der Waals surface area (Å²) in [4.78, 5) is 0. The van der Waals surface area contributed by atoms with E-state index in [0.717, 1.165) is 9.13 Å². The lowest BCUT2D eigenvalue weighted by Crippen LogP contribution is -2.12. The van der Waals surface area contributed by atoms with Gasteiger partial charge in [0.25, 0.3) is 0 Å². The Bertz CT molecular complexity index is 323. The number of phenols is 1. The first-order chi connectivity index (χ1) is 6.18. The molecule has 1 aromatic rings. The number of phenolic OH excluding ortho intramolecular Hbond substituents is 1. The zero-order valence-corrected chi connectivity index (χ0v) is 9.36. The molecule has 0 bridgehead atoms. The number of aromatic hydroxyl groups is 1. The average molecular weight is 289 g/mol. The molecule has 1 aliphatic carbocycles. The maximum atomic E-state index is 9.65. The fourth-order valence-electron chi connectivity index (χ4n) is 1.51. The third kappa shape index (κ3) is 1.96. The van der Waals surface area contributed by atoms with Crippen molar-refractivity contribution in [3.63, 3.8) is 0 Å². The highest BCUT2D eigenvalue weighted by Crippen LogP contribution is 2.41. The third-order valence-corrected chi connectivity index (χ3v) is 3.15. The van der Waals surface area contributed by atoms with Crippen LogP contribution in [0.5, 0.6) is 5.75 Å². The second-order valence-corrected chi connectivity index (χ2v) is 4.81. The van der Waals surface area contributed by atoms with E-state index in [-0.39, 0.29) is 6.04 Å². The van der Waals surface area contributed by atoms with Crippen LogP contribution in [0.1, 0.15) is 24.4 Å². The molecule has 0 saturated heterocycles. The summed E-state index contributed by atoms with van der Waals surface area (Å²) in [5, 5.41) is 9.65. The quantitative estimate of drug-likeness (QED) is 0.821. The molecule has 1 atom stereocenters. The zero-order chi connectivity index (χ0) is 9.42. The molecule has 3 heteroatoms. The van der Waals surface area contributed by atoms with Crippen molar-refractivity contribution in [2.45, 2.75) is 18.9 Å². The number of halogens is 1. The number of hydrogen-bond donors (Lipinski definition) is 2. The van der Waals surface area contributed by atoms with Gasteiger partial charge in [0.2, 0.25) is 0 Å². The Kier molecular flexibility index (Phi) is 2.47. The van der Waals surface area contributed by atoms with Gasteiger partial charge < -0.3 is 10.8 Å². The molecule has 1 fully saturated rings. The molecule has 13 heavy (non-hydrogen) atoms. The van der Waals surface area contributed by atoms with Gasteiger partial charge in [0, 0.05) is 15.2 Å². The van der Waals surface area contributed by atoms with Crippen molar-refractivity contribution in [1.29, 1.82) is 0 Å². The van der Waals surface area contributed by atoms with Crippen molar-refractivity contribution in [1.82, 2.24) is 0 Å². The van der Waals surface area contributed by atoms with Crippen molar-refractivity contribution in [2.24, 2.45) is 11.7 Å². The van der Waals surface area contributed by atoms with Gasteiger partial charge in [-0.3, -0.25) is 0 Å². The summed E-state index contributed by atoms with van der Waals surface area (Å²) in [5.41, 5.74) is 6.88. The molecule has 0 amide bonds.